The summed E-state index contributed by atoms with van der Waals surface area (Å²) < 4.78 is 36.2. The van der Waals surface area contributed by atoms with Gasteiger partial charge in [-0.1, -0.05) is 0 Å². The summed E-state index contributed by atoms with van der Waals surface area (Å²) >= 11 is 0. The van der Waals surface area contributed by atoms with Crippen molar-refractivity contribution < 1.29 is 48.0 Å². The molecule has 0 aromatic heterocycles. The molecule has 0 heterocycles. The van der Waals surface area contributed by atoms with E-state index < -0.39 is 48.4 Å². The second-order valence-electron chi connectivity index (χ2n) is 3.51. The minimum absolute atomic E-state index is 1.66. The molecule has 0 amide bonds. The van der Waals surface area contributed by atoms with Gasteiger partial charge in [0.05, 0.1) is 12.8 Å². The Hall–Kier alpha value is -1.84. The highest BCUT2D eigenvalue weighted by atomic mass is 19.4. The lowest BCUT2D eigenvalue weighted by Gasteiger charge is -2.28. The van der Waals surface area contributed by atoms with E-state index in [2.05, 4.69) is 0 Å². The number of alkyl halides is 3. The SMILES string of the molecule is O=C(O)CC(O)(C(=O)O)C(CC(F)(F)F)C(=O)O. The summed E-state index contributed by atoms with van der Waals surface area (Å²) in [7, 11) is 0. The van der Waals surface area contributed by atoms with Crippen LogP contribution in [0, 0.1) is 5.92 Å². The Morgan fingerprint density at radius 1 is 1.06 bits per heavy atom. The monoisotopic (exact) mass is 274 g/mol. The maximum absolute atomic E-state index is 12.1. The molecule has 0 aromatic rings. The second kappa shape index (κ2) is 5.21. The highest BCUT2D eigenvalue weighted by molar-refractivity contribution is 5.89. The Morgan fingerprint density at radius 2 is 1.50 bits per heavy atom. The number of carbonyl (C=O) groups is 3. The number of rotatable bonds is 6. The number of aliphatic hydroxyl groups is 1. The summed E-state index contributed by atoms with van der Waals surface area (Å²) in [4.78, 5) is 31.6. The number of carboxylic acid groups (broad SMARTS) is 3. The van der Waals surface area contributed by atoms with E-state index >= 15 is 0 Å². The number of hydrogen-bond acceptors (Lipinski definition) is 4. The summed E-state index contributed by atoms with van der Waals surface area (Å²) in [6.45, 7) is 0. The predicted molar refractivity (Wildman–Crippen MR) is 46.6 cm³/mol. The highest BCUT2D eigenvalue weighted by Crippen LogP contribution is 2.33. The van der Waals surface area contributed by atoms with E-state index in [1.165, 1.54) is 0 Å². The van der Waals surface area contributed by atoms with Gasteiger partial charge in [-0.2, -0.15) is 13.2 Å². The molecule has 0 rings (SSSR count). The third kappa shape index (κ3) is 4.20. The largest absolute Gasteiger partial charge is 0.481 e. The summed E-state index contributed by atoms with van der Waals surface area (Å²) in [5.41, 5.74) is -3.53. The van der Waals surface area contributed by atoms with Gasteiger partial charge >= 0.3 is 24.1 Å². The molecule has 0 aliphatic rings. The van der Waals surface area contributed by atoms with E-state index in [4.69, 9.17) is 15.3 Å². The molecule has 10 heteroatoms. The number of carboxylic acids is 3. The number of halogens is 3. The summed E-state index contributed by atoms with van der Waals surface area (Å²) in [6.07, 6.45) is -8.88. The lowest BCUT2D eigenvalue weighted by molar-refractivity contribution is -0.197. The van der Waals surface area contributed by atoms with E-state index in [0.717, 1.165) is 0 Å². The standard InChI is InChI=1S/C8H9F3O7/c9-8(10,11)1-3(5(14)15)7(18,6(16)17)2-4(12)13/h3,18H,1-2H2,(H,12,13)(H,14,15)(H,16,17). The van der Waals surface area contributed by atoms with Crippen LogP contribution in [0.4, 0.5) is 13.2 Å². The molecule has 0 spiro atoms. The topological polar surface area (TPSA) is 132 Å². The van der Waals surface area contributed by atoms with Crippen LogP contribution in [0.15, 0.2) is 0 Å². The van der Waals surface area contributed by atoms with Crippen molar-refractivity contribution >= 4 is 17.9 Å². The molecule has 4 N–H and O–H groups in total. The molecule has 2 atom stereocenters. The predicted octanol–water partition coefficient (Wildman–Crippen LogP) is -0.0700. The Morgan fingerprint density at radius 3 is 1.72 bits per heavy atom. The molecule has 0 saturated carbocycles. The molecule has 104 valence electrons. The minimum Gasteiger partial charge on any atom is -0.481 e. The van der Waals surface area contributed by atoms with Crippen LogP contribution in [0.3, 0.4) is 0 Å². The molecule has 0 aliphatic carbocycles. The summed E-state index contributed by atoms with van der Waals surface area (Å²) in [5, 5.41) is 34.8. The van der Waals surface area contributed by atoms with Gasteiger partial charge in [0.2, 0.25) is 0 Å². The van der Waals surface area contributed by atoms with Gasteiger partial charge in [-0.05, 0) is 0 Å². The highest BCUT2D eigenvalue weighted by Gasteiger charge is 2.53. The van der Waals surface area contributed by atoms with Gasteiger partial charge in [0.15, 0.2) is 5.60 Å². The first kappa shape index (κ1) is 16.2. The smallest absolute Gasteiger partial charge is 0.390 e. The first-order valence-electron chi connectivity index (χ1n) is 4.37. The fraction of sp³-hybridized carbons (Fsp3) is 0.625. The van der Waals surface area contributed by atoms with Gasteiger partial charge in [-0.15, -0.1) is 0 Å². The first-order chi connectivity index (χ1) is 7.90. The normalized spacial score (nSPS) is 16.7. The van der Waals surface area contributed by atoms with Crippen LogP contribution in [0.25, 0.3) is 0 Å². The van der Waals surface area contributed by atoms with E-state index in [0.29, 0.717) is 0 Å². The molecular weight excluding hydrogens is 265 g/mol. The van der Waals surface area contributed by atoms with Gasteiger partial charge in [0.25, 0.3) is 0 Å². The van der Waals surface area contributed by atoms with E-state index in [1.54, 1.807) is 0 Å². The van der Waals surface area contributed by atoms with Crippen LogP contribution < -0.4 is 0 Å². The van der Waals surface area contributed by atoms with Crippen molar-refractivity contribution in [3.63, 3.8) is 0 Å². The Kier molecular flexibility index (Phi) is 4.68. The van der Waals surface area contributed by atoms with Crippen molar-refractivity contribution in [3.05, 3.63) is 0 Å². The average molecular weight is 274 g/mol. The van der Waals surface area contributed by atoms with Crippen molar-refractivity contribution in [2.45, 2.75) is 24.6 Å². The van der Waals surface area contributed by atoms with E-state index in [-0.39, 0.29) is 0 Å². The van der Waals surface area contributed by atoms with Crippen LogP contribution in [0.1, 0.15) is 12.8 Å². The minimum atomic E-state index is -5.06. The van der Waals surface area contributed by atoms with Crippen molar-refractivity contribution in [1.82, 2.24) is 0 Å². The van der Waals surface area contributed by atoms with Crippen LogP contribution >= 0.6 is 0 Å². The van der Waals surface area contributed by atoms with Crippen molar-refractivity contribution in [3.8, 4) is 0 Å². The average Bonchev–Trinajstić information content (AvgIpc) is 2.10. The second-order valence-corrected chi connectivity index (χ2v) is 3.51. The zero-order valence-corrected chi connectivity index (χ0v) is 8.64. The lowest BCUT2D eigenvalue weighted by Crippen LogP contribution is -2.52. The quantitative estimate of drug-likeness (QED) is 0.533. The number of aliphatic carboxylic acids is 3. The van der Waals surface area contributed by atoms with Gasteiger partial charge in [0, 0.05) is 0 Å². The van der Waals surface area contributed by atoms with Gasteiger partial charge in [-0.3, -0.25) is 9.59 Å². The van der Waals surface area contributed by atoms with E-state index in [9.17, 15) is 32.7 Å². The molecule has 0 bridgehead atoms. The molecule has 0 aromatic carbocycles. The van der Waals surface area contributed by atoms with Gasteiger partial charge < -0.3 is 20.4 Å². The molecule has 0 saturated heterocycles. The first-order valence-corrected chi connectivity index (χ1v) is 4.37. The molecule has 0 aliphatic heterocycles. The Bertz CT molecular complexity index is 364. The molecule has 2 unspecified atom stereocenters. The van der Waals surface area contributed by atoms with Crippen LogP contribution in [-0.2, 0) is 14.4 Å². The van der Waals surface area contributed by atoms with Gasteiger partial charge in [0.1, 0.15) is 5.92 Å². The van der Waals surface area contributed by atoms with Crippen LogP contribution in [-0.4, -0.2) is 50.1 Å². The Balaban J connectivity index is 5.44. The van der Waals surface area contributed by atoms with Crippen molar-refractivity contribution in [2.75, 3.05) is 0 Å². The fourth-order valence-corrected chi connectivity index (χ4v) is 1.27. The maximum atomic E-state index is 12.1. The Labute approximate surface area is 97.5 Å². The van der Waals surface area contributed by atoms with Gasteiger partial charge in [-0.25, -0.2) is 4.79 Å². The molecule has 7 nitrogen and oxygen atoms in total. The lowest BCUT2D eigenvalue weighted by atomic mass is 9.82. The third-order valence-corrected chi connectivity index (χ3v) is 2.10. The molecule has 18 heavy (non-hydrogen) atoms. The zero-order chi connectivity index (χ0) is 14.7. The summed E-state index contributed by atoms with van der Waals surface area (Å²) in [6, 6.07) is 0. The molecular formula is C8H9F3O7. The number of hydrogen-bond donors (Lipinski definition) is 4. The van der Waals surface area contributed by atoms with Crippen LogP contribution in [0.2, 0.25) is 0 Å². The zero-order valence-electron chi connectivity index (χ0n) is 8.64. The maximum Gasteiger partial charge on any atom is 0.390 e. The van der Waals surface area contributed by atoms with Crippen molar-refractivity contribution in [2.24, 2.45) is 5.92 Å². The van der Waals surface area contributed by atoms with Crippen LogP contribution in [0.5, 0.6) is 0 Å². The molecule has 0 fully saturated rings. The van der Waals surface area contributed by atoms with Crippen molar-refractivity contribution in [1.29, 1.82) is 0 Å². The van der Waals surface area contributed by atoms with E-state index in [1.807, 2.05) is 0 Å². The summed E-state index contributed by atoms with van der Waals surface area (Å²) in [5.74, 6) is -9.35. The molecule has 0 radical (unpaired) electrons. The third-order valence-electron chi connectivity index (χ3n) is 2.10. The fourth-order valence-electron chi connectivity index (χ4n) is 1.27.